The second kappa shape index (κ2) is 4.48. The van der Waals surface area contributed by atoms with E-state index in [4.69, 9.17) is 16.7 Å². The first kappa shape index (κ1) is 10.3. The average Bonchev–Trinajstić information content (AvgIpc) is 2.16. The standard InChI is InChI=1S/C8H8ClF2NO/c9-2-6-3-12-7(8(10)11)1-5(6)4-13/h1,3,8,13H,2,4H2. The fourth-order valence-corrected chi connectivity index (χ4v) is 1.17. The van der Waals surface area contributed by atoms with Gasteiger partial charge in [-0.3, -0.25) is 4.98 Å². The molecule has 5 heteroatoms. The van der Waals surface area contributed by atoms with Crippen molar-refractivity contribution in [2.45, 2.75) is 18.9 Å². The van der Waals surface area contributed by atoms with Crippen molar-refractivity contribution in [3.05, 3.63) is 29.1 Å². The van der Waals surface area contributed by atoms with E-state index in [-0.39, 0.29) is 18.2 Å². The van der Waals surface area contributed by atoms with Gasteiger partial charge in [0.2, 0.25) is 0 Å². The molecule has 0 atom stereocenters. The molecule has 1 aromatic rings. The maximum atomic E-state index is 12.1. The highest BCUT2D eigenvalue weighted by Crippen LogP contribution is 2.20. The summed E-state index contributed by atoms with van der Waals surface area (Å²) >= 11 is 5.50. The lowest BCUT2D eigenvalue weighted by Crippen LogP contribution is -1.98. The molecule has 1 N–H and O–H groups in total. The Kier molecular flexibility index (Phi) is 3.57. The Morgan fingerprint density at radius 2 is 2.15 bits per heavy atom. The summed E-state index contributed by atoms with van der Waals surface area (Å²) < 4.78 is 24.3. The van der Waals surface area contributed by atoms with Gasteiger partial charge in [0.25, 0.3) is 6.43 Å². The molecule has 72 valence electrons. The first-order valence-electron chi connectivity index (χ1n) is 3.61. The van der Waals surface area contributed by atoms with Crippen LogP contribution in [0.4, 0.5) is 8.78 Å². The zero-order chi connectivity index (χ0) is 9.84. The Hall–Kier alpha value is -0.740. The molecular formula is C8H8ClF2NO. The summed E-state index contributed by atoms with van der Waals surface area (Å²) in [5.41, 5.74) is 0.645. The van der Waals surface area contributed by atoms with E-state index in [1.807, 2.05) is 0 Å². The number of halogens is 3. The number of hydrogen-bond acceptors (Lipinski definition) is 2. The minimum absolute atomic E-state index is 0.159. The maximum absolute atomic E-state index is 12.1. The molecule has 1 heterocycles. The van der Waals surface area contributed by atoms with Crippen LogP contribution >= 0.6 is 11.6 Å². The smallest absolute Gasteiger partial charge is 0.280 e. The molecule has 2 nitrogen and oxygen atoms in total. The molecule has 0 fully saturated rings. The monoisotopic (exact) mass is 207 g/mol. The number of aliphatic hydroxyl groups is 1. The molecular weight excluding hydrogens is 200 g/mol. The summed E-state index contributed by atoms with van der Waals surface area (Å²) in [5, 5.41) is 8.82. The summed E-state index contributed by atoms with van der Waals surface area (Å²) in [5.74, 6) is 0.159. The Morgan fingerprint density at radius 1 is 1.46 bits per heavy atom. The maximum Gasteiger partial charge on any atom is 0.280 e. The van der Waals surface area contributed by atoms with Crippen LogP contribution in [0.15, 0.2) is 12.3 Å². The number of rotatable bonds is 3. The van der Waals surface area contributed by atoms with Crippen LogP contribution in [0.5, 0.6) is 0 Å². The van der Waals surface area contributed by atoms with Crippen LogP contribution in [0.1, 0.15) is 23.2 Å². The third kappa shape index (κ3) is 2.35. The van der Waals surface area contributed by atoms with Crippen LogP contribution in [0.2, 0.25) is 0 Å². The van der Waals surface area contributed by atoms with Gasteiger partial charge in [-0.25, -0.2) is 8.78 Å². The second-order valence-electron chi connectivity index (χ2n) is 2.47. The van der Waals surface area contributed by atoms with E-state index in [2.05, 4.69) is 4.98 Å². The number of aromatic nitrogens is 1. The number of hydrogen-bond donors (Lipinski definition) is 1. The highest BCUT2D eigenvalue weighted by atomic mass is 35.5. The van der Waals surface area contributed by atoms with Crippen molar-refractivity contribution in [1.82, 2.24) is 4.98 Å². The molecule has 13 heavy (non-hydrogen) atoms. The lowest BCUT2D eigenvalue weighted by atomic mass is 10.1. The summed E-state index contributed by atoms with van der Waals surface area (Å²) in [7, 11) is 0. The van der Waals surface area contributed by atoms with Crippen molar-refractivity contribution in [3.63, 3.8) is 0 Å². The number of nitrogens with zero attached hydrogens (tertiary/aromatic N) is 1. The fraction of sp³-hybridized carbons (Fsp3) is 0.375. The van der Waals surface area contributed by atoms with Crippen LogP contribution in [-0.2, 0) is 12.5 Å². The SMILES string of the molecule is OCc1cc(C(F)F)ncc1CCl. The number of pyridine rings is 1. The first-order valence-corrected chi connectivity index (χ1v) is 4.15. The minimum Gasteiger partial charge on any atom is -0.392 e. The summed E-state index contributed by atoms with van der Waals surface area (Å²) in [6, 6.07) is 1.17. The molecule has 1 rings (SSSR count). The normalized spacial score (nSPS) is 10.8. The van der Waals surface area contributed by atoms with Gasteiger partial charge in [-0.15, -0.1) is 11.6 Å². The summed E-state index contributed by atoms with van der Waals surface area (Å²) in [6.07, 6.45) is -1.35. The van der Waals surface area contributed by atoms with E-state index in [0.717, 1.165) is 0 Å². The summed E-state index contributed by atoms with van der Waals surface area (Å²) in [6.45, 7) is -0.301. The van der Waals surface area contributed by atoms with E-state index in [0.29, 0.717) is 11.1 Å². The van der Waals surface area contributed by atoms with Crippen LogP contribution in [0, 0.1) is 0 Å². The predicted octanol–water partition coefficient (Wildman–Crippen LogP) is 2.25. The van der Waals surface area contributed by atoms with Gasteiger partial charge in [0, 0.05) is 12.1 Å². The molecule has 0 saturated heterocycles. The molecule has 0 aliphatic heterocycles. The van der Waals surface area contributed by atoms with Gasteiger partial charge in [-0.05, 0) is 17.2 Å². The van der Waals surface area contributed by atoms with Crippen molar-refractivity contribution in [2.75, 3.05) is 0 Å². The highest BCUT2D eigenvalue weighted by Gasteiger charge is 2.11. The van der Waals surface area contributed by atoms with Crippen molar-refractivity contribution >= 4 is 11.6 Å². The Bertz CT molecular complexity index is 293. The van der Waals surface area contributed by atoms with Gasteiger partial charge in [0.15, 0.2) is 0 Å². The topological polar surface area (TPSA) is 33.1 Å². The number of aliphatic hydroxyl groups excluding tert-OH is 1. The van der Waals surface area contributed by atoms with E-state index in [1.54, 1.807) is 0 Å². The minimum atomic E-state index is -2.62. The third-order valence-electron chi connectivity index (χ3n) is 1.64. The van der Waals surface area contributed by atoms with Gasteiger partial charge in [-0.1, -0.05) is 0 Å². The lowest BCUT2D eigenvalue weighted by Gasteiger charge is -2.05. The van der Waals surface area contributed by atoms with Crippen molar-refractivity contribution < 1.29 is 13.9 Å². The average molecular weight is 208 g/mol. The Labute approximate surface area is 79.2 Å². The Morgan fingerprint density at radius 3 is 2.62 bits per heavy atom. The molecule has 0 unspecified atom stereocenters. The molecule has 0 aliphatic rings. The molecule has 1 aromatic heterocycles. The van der Waals surface area contributed by atoms with Gasteiger partial charge in [-0.2, -0.15) is 0 Å². The van der Waals surface area contributed by atoms with Crippen LogP contribution in [0.3, 0.4) is 0 Å². The molecule has 0 saturated carbocycles. The third-order valence-corrected chi connectivity index (χ3v) is 1.93. The second-order valence-corrected chi connectivity index (χ2v) is 2.74. The van der Waals surface area contributed by atoms with E-state index >= 15 is 0 Å². The van der Waals surface area contributed by atoms with Gasteiger partial charge >= 0.3 is 0 Å². The molecule has 0 aromatic carbocycles. The first-order chi connectivity index (χ1) is 6.19. The molecule has 0 aliphatic carbocycles. The van der Waals surface area contributed by atoms with Crippen LogP contribution < -0.4 is 0 Å². The molecule has 0 amide bonds. The largest absolute Gasteiger partial charge is 0.392 e. The zero-order valence-electron chi connectivity index (χ0n) is 6.67. The van der Waals surface area contributed by atoms with Gasteiger partial charge < -0.3 is 5.11 Å². The lowest BCUT2D eigenvalue weighted by molar-refractivity contribution is 0.145. The zero-order valence-corrected chi connectivity index (χ0v) is 7.43. The summed E-state index contributed by atoms with van der Waals surface area (Å²) in [4.78, 5) is 3.51. The van der Waals surface area contributed by atoms with Gasteiger partial charge in [0.1, 0.15) is 5.69 Å². The van der Waals surface area contributed by atoms with Crippen molar-refractivity contribution in [1.29, 1.82) is 0 Å². The van der Waals surface area contributed by atoms with Gasteiger partial charge in [0.05, 0.1) is 6.61 Å². The quantitative estimate of drug-likeness (QED) is 0.772. The molecule has 0 spiro atoms. The van der Waals surface area contributed by atoms with E-state index in [1.165, 1.54) is 12.3 Å². The molecule has 0 radical (unpaired) electrons. The predicted molar refractivity (Wildman–Crippen MR) is 44.7 cm³/mol. The number of alkyl halides is 3. The Balaban J connectivity index is 3.05. The van der Waals surface area contributed by atoms with Crippen molar-refractivity contribution in [2.24, 2.45) is 0 Å². The van der Waals surface area contributed by atoms with E-state index < -0.39 is 6.43 Å². The van der Waals surface area contributed by atoms with Crippen molar-refractivity contribution in [3.8, 4) is 0 Å². The van der Waals surface area contributed by atoms with Crippen LogP contribution in [0.25, 0.3) is 0 Å². The molecule has 0 bridgehead atoms. The van der Waals surface area contributed by atoms with Crippen LogP contribution in [-0.4, -0.2) is 10.1 Å². The highest BCUT2D eigenvalue weighted by molar-refractivity contribution is 6.17. The van der Waals surface area contributed by atoms with E-state index in [9.17, 15) is 8.78 Å². The fourth-order valence-electron chi connectivity index (χ4n) is 0.931.